The zero-order valence-electron chi connectivity index (χ0n) is 24.2. The molecule has 1 N–H and O–H groups in total. The molecule has 0 aliphatic carbocycles. The van der Waals surface area contributed by atoms with Gasteiger partial charge in [-0.15, -0.1) is 0 Å². The lowest BCUT2D eigenvalue weighted by Crippen LogP contribution is -2.61. The van der Waals surface area contributed by atoms with Crippen LogP contribution in [0.25, 0.3) is 0 Å². The number of hydrogen-bond acceptors (Lipinski definition) is 6. The van der Waals surface area contributed by atoms with Crippen molar-refractivity contribution in [2.24, 2.45) is 0 Å². The van der Waals surface area contributed by atoms with Gasteiger partial charge in [-0.1, -0.05) is 53.5 Å². The minimum absolute atomic E-state index is 0.136. The fourth-order valence-electron chi connectivity index (χ4n) is 4.94. The Kier molecular flexibility index (Phi) is 9.57. The predicted octanol–water partition coefficient (Wildman–Crippen LogP) is 5.69. The molecule has 1 saturated heterocycles. The second-order valence-electron chi connectivity index (χ2n) is 11.5. The Morgan fingerprint density at radius 2 is 1.48 bits per heavy atom. The molecule has 11 heteroatoms. The lowest BCUT2D eigenvalue weighted by molar-refractivity contribution is -0.156. The van der Waals surface area contributed by atoms with Gasteiger partial charge < -0.3 is 10.1 Å². The minimum atomic E-state index is -3.70. The number of halogens is 2. The molecule has 4 rings (SSSR count). The van der Waals surface area contributed by atoms with Crippen molar-refractivity contribution in [2.75, 3.05) is 23.7 Å². The number of nitrogens with one attached hydrogen (secondary N) is 1. The van der Waals surface area contributed by atoms with E-state index in [9.17, 15) is 18.0 Å². The number of likely N-dealkylation sites (tertiary alicyclic amines) is 1. The first-order chi connectivity index (χ1) is 19.6. The summed E-state index contributed by atoms with van der Waals surface area (Å²) in [4.78, 5) is 27.5. The first-order valence-electron chi connectivity index (χ1n) is 13.5. The smallest absolute Gasteiger partial charge is 0.328 e. The Labute approximate surface area is 257 Å². The van der Waals surface area contributed by atoms with Crippen LogP contribution in [-0.2, 0) is 19.6 Å². The third-order valence-electron chi connectivity index (χ3n) is 6.79. The highest BCUT2D eigenvalue weighted by Crippen LogP contribution is 2.36. The molecule has 1 amide bonds. The summed E-state index contributed by atoms with van der Waals surface area (Å²) < 4.78 is 32.8. The highest BCUT2D eigenvalue weighted by molar-refractivity contribution is 7.92. The lowest BCUT2D eigenvalue weighted by atomic mass is 9.93. The lowest BCUT2D eigenvalue weighted by Gasteiger charge is -2.48. The Balaban J connectivity index is 1.55. The van der Waals surface area contributed by atoms with E-state index in [1.54, 1.807) is 45.9 Å². The van der Waals surface area contributed by atoms with Crippen LogP contribution in [0.15, 0.2) is 72.8 Å². The fourth-order valence-corrected chi connectivity index (χ4v) is 6.36. The quantitative estimate of drug-likeness (QED) is 0.305. The van der Waals surface area contributed by atoms with E-state index in [-0.39, 0.29) is 17.6 Å². The summed E-state index contributed by atoms with van der Waals surface area (Å²) in [6, 6.07) is 20.2. The molecule has 3 aromatic carbocycles. The van der Waals surface area contributed by atoms with Gasteiger partial charge in [0, 0.05) is 28.7 Å². The maximum absolute atomic E-state index is 13.1. The van der Waals surface area contributed by atoms with Crippen molar-refractivity contribution in [1.82, 2.24) is 10.2 Å². The van der Waals surface area contributed by atoms with Gasteiger partial charge in [-0.05, 0) is 81.3 Å². The number of esters is 1. The number of hydrogen-bond donors (Lipinski definition) is 1. The highest BCUT2D eigenvalue weighted by Gasteiger charge is 2.41. The highest BCUT2D eigenvalue weighted by atomic mass is 35.5. The number of carbonyl (C=O) groups is 2. The molecule has 1 atom stereocenters. The van der Waals surface area contributed by atoms with Crippen LogP contribution in [0.5, 0.6) is 0 Å². The summed E-state index contributed by atoms with van der Waals surface area (Å²) in [6.45, 7) is 7.69. The van der Waals surface area contributed by atoms with Crippen molar-refractivity contribution in [3.05, 3.63) is 99.5 Å². The molecule has 1 aliphatic heterocycles. The van der Waals surface area contributed by atoms with Gasteiger partial charge in [-0.3, -0.25) is 14.0 Å². The van der Waals surface area contributed by atoms with E-state index in [1.807, 2.05) is 48.5 Å². The van der Waals surface area contributed by atoms with Gasteiger partial charge in [0.25, 0.3) is 5.91 Å². The van der Waals surface area contributed by atoms with Crippen molar-refractivity contribution >= 4 is 50.8 Å². The molecule has 42 heavy (non-hydrogen) atoms. The number of ether oxygens (including phenoxy) is 1. The Morgan fingerprint density at radius 1 is 0.952 bits per heavy atom. The third-order valence-corrected chi connectivity index (χ3v) is 8.51. The van der Waals surface area contributed by atoms with E-state index in [0.717, 1.165) is 17.4 Å². The Bertz CT molecular complexity index is 1490. The molecule has 224 valence electrons. The molecule has 1 aliphatic rings. The average molecular weight is 633 g/mol. The van der Waals surface area contributed by atoms with E-state index >= 15 is 0 Å². The first-order valence-corrected chi connectivity index (χ1v) is 16.1. The molecule has 0 saturated carbocycles. The van der Waals surface area contributed by atoms with Crippen molar-refractivity contribution in [3.8, 4) is 0 Å². The molecule has 8 nitrogen and oxygen atoms in total. The number of benzene rings is 3. The van der Waals surface area contributed by atoms with Crippen LogP contribution < -0.4 is 9.62 Å². The maximum Gasteiger partial charge on any atom is 0.328 e. The van der Waals surface area contributed by atoms with E-state index in [4.69, 9.17) is 27.9 Å². The average Bonchev–Trinajstić information content (AvgIpc) is 2.87. The minimum Gasteiger partial charge on any atom is -0.458 e. The number of carbonyl (C=O) groups excluding carboxylic acids is 2. The van der Waals surface area contributed by atoms with Gasteiger partial charge in [0.1, 0.15) is 11.6 Å². The second-order valence-corrected chi connectivity index (χ2v) is 14.2. The van der Waals surface area contributed by atoms with Gasteiger partial charge in [-0.25, -0.2) is 13.2 Å². The van der Waals surface area contributed by atoms with Crippen LogP contribution in [0.3, 0.4) is 0 Å². The van der Waals surface area contributed by atoms with Gasteiger partial charge in [0.05, 0.1) is 24.0 Å². The van der Waals surface area contributed by atoms with Gasteiger partial charge in [0.15, 0.2) is 0 Å². The van der Waals surface area contributed by atoms with Crippen LogP contribution in [-0.4, -0.2) is 62.2 Å². The maximum atomic E-state index is 13.1. The Morgan fingerprint density at radius 3 is 1.95 bits per heavy atom. The molecule has 1 fully saturated rings. The van der Waals surface area contributed by atoms with Crippen molar-refractivity contribution in [2.45, 2.75) is 51.4 Å². The summed E-state index contributed by atoms with van der Waals surface area (Å²) in [5, 5.41) is 3.89. The van der Waals surface area contributed by atoms with E-state index < -0.39 is 33.5 Å². The zero-order valence-corrected chi connectivity index (χ0v) is 26.5. The van der Waals surface area contributed by atoms with Crippen LogP contribution in [0.4, 0.5) is 5.69 Å². The second kappa shape index (κ2) is 12.6. The van der Waals surface area contributed by atoms with Crippen LogP contribution in [0.1, 0.15) is 55.2 Å². The number of anilines is 1. The molecular formula is C31H35Cl2N3O5S. The molecule has 0 radical (unpaired) electrons. The number of sulfonamides is 1. The standard InChI is InChI=1S/C31H35Cl2N3O5S/c1-20(30(38)41-31(2,3)4)34-29(37)23-7-6-8-26(17-23)36(42(5,39)40)27-18-35(19-27)28(21-9-13-24(32)14-10-21)22-11-15-25(33)16-12-22/h6-17,20,27-28H,18-19H2,1-5H3,(H,34,37)/t20-/m0/s1. The normalized spacial score (nSPS) is 15.1. The molecule has 0 aromatic heterocycles. The monoisotopic (exact) mass is 631 g/mol. The first kappa shape index (κ1) is 31.8. The van der Waals surface area contributed by atoms with Crippen molar-refractivity contribution < 1.29 is 22.7 Å². The number of rotatable bonds is 9. The summed E-state index contributed by atoms with van der Waals surface area (Å²) in [5.41, 5.74) is 1.94. The summed E-state index contributed by atoms with van der Waals surface area (Å²) in [7, 11) is -3.70. The fraction of sp³-hybridized carbons (Fsp3) is 0.355. The largest absolute Gasteiger partial charge is 0.458 e. The molecule has 0 bridgehead atoms. The van der Waals surface area contributed by atoms with Crippen LogP contribution >= 0.6 is 23.2 Å². The number of nitrogens with zero attached hydrogens (tertiary/aromatic N) is 2. The topological polar surface area (TPSA) is 96.0 Å². The van der Waals surface area contributed by atoms with E-state index in [1.165, 1.54) is 10.4 Å². The molecular weight excluding hydrogens is 597 g/mol. The molecule has 0 unspecified atom stereocenters. The summed E-state index contributed by atoms with van der Waals surface area (Å²) in [5.74, 6) is -1.07. The number of amides is 1. The summed E-state index contributed by atoms with van der Waals surface area (Å²) in [6.07, 6.45) is 1.16. The van der Waals surface area contributed by atoms with Gasteiger partial charge in [0.2, 0.25) is 10.0 Å². The summed E-state index contributed by atoms with van der Waals surface area (Å²) >= 11 is 12.3. The molecule has 1 heterocycles. The van der Waals surface area contributed by atoms with Crippen molar-refractivity contribution in [1.29, 1.82) is 0 Å². The SMILES string of the molecule is C[C@H](NC(=O)c1cccc(N(C2CN(C(c3ccc(Cl)cc3)c3ccc(Cl)cc3)C2)S(C)(=O)=O)c1)C(=O)OC(C)(C)C. The van der Waals surface area contributed by atoms with Crippen molar-refractivity contribution in [3.63, 3.8) is 0 Å². The molecule has 3 aromatic rings. The van der Waals surface area contributed by atoms with Crippen LogP contribution in [0.2, 0.25) is 10.0 Å². The Hall–Kier alpha value is -3.11. The van der Waals surface area contributed by atoms with Crippen LogP contribution in [0, 0.1) is 0 Å². The van der Waals surface area contributed by atoms with Gasteiger partial charge >= 0.3 is 5.97 Å². The predicted molar refractivity (Wildman–Crippen MR) is 167 cm³/mol. The third kappa shape index (κ3) is 7.83. The zero-order chi connectivity index (χ0) is 30.8. The van der Waals surface area contributed by atoms with Gasteiger partial charge in [-0.2, -0.15) is 0 Å². The van der Waals surface area contributed by atoms with E-state index in [2.05, 4.69) is 10.2 Å². The van der Waals surface area contributed by atoms with E-state index in [0.29, 0.717) is 28.8 Å². The molecule has 0 spiro atoms.